The van der Waals surface area contributed by atoms with E-state index in [-0.39, 0.29) is 19.6 Å². The first-order valence-electron chi connectivity index (χ1n) is 6.74. The topological polar surface area (TPSA) is 102 Å². The van der Waals surface area contributed by atoms with Crippen LogP contribution in [0.25, 0.3) is 0 Å². The highest BCUT2D eigenvalue weighted by atomic mass is 32.2. The van der Waals surface area contributed by atoms with Gasteiger partial charge in [-0.25, -0.2) is 0 Å². The quantitative estimate of drug-likeness (QED) is 0.776. The van der Waals surface area contributed by atoms with E-state index in [1.54, 1.807) is 13.8 Å². The van der Waals surface area contributed by atoms with E-state index < -0.39 is 28.1 Å². The molecular weight excluding hydrogens is 282 g/mol. The van der Waals surface area contributed by atoms with E-state index in [2.05, 4.69) is 0 Å². The molecule has 0 aliphatic carbocycles. The van der Waals surface area contributed by atoms with Gasteiger partial charge in [-0.3, -0.25) is 4.79 Å². The standard InChI is InChI=1S/C12H21N3O4S/c1-3-14(9-10(2)8-13)20(18,19)15-7-5-4-6-11(15)12(16)17/h10-11H,3-7,9H2,1-2H3,(H,16,17)/t10-,11+/m0/s1. The number of rotatable bonds is 6. The van der Waals surface area contributed by atoms with Gasteiger partial charge < -0.3 is 5.11 Å². The highest BCUT2D eigenvalue weighted by Gasteiger charge is 2.39. The van der Waals surface area contributed by atoms with Crippen molar-refractivity contribution < 1.29 is 18.3 Å². The lowest BCUT2D eigenvalue weighted by Gasteiger charge is -2.35. The number of carboxylic acid groups (broad SMARTS) is 1. The maximum atomic E-state index is 12.6. The summed E-state index contributed by atoms with van der Waals surface area (Å²) >= 11 is 0. The Morgan fingerprint density at radius 2 is 2.20 bits per heavy atom. The molecule has 0 amide bonds. The Labute approximate surface area is 120 Å². The maximum absolute atomic E-state index is 12.6. The molecule has 1 rings (SSSR count). The van der Waals surface area contributed by atoms with Crippen LogP contribution in [0, 0.1) is 17.2 Å². The summed E-state index contributed by atoms with van der Waals surface area (Å²) < 4.78 is 27.4. The summed E-state index contributed by atoms with van der Waals surface area (Å²) in [6.45, 7) is 3.84. The third-order valence-electron chi connectivity index (χ3n) is 3.41. The van der Waals surface area contributed by atoms with Crippen molar-refractivity contribution in [1.29, 1.82) is 5.26 Å². The monoisotopic (exact) mass is 303 g/mol. The zero-order chi connectivity index (χ0) is 15.3. The van der Waals surface area contributed by atoms with Gasteiger partial charge in [0.1, 0.15) is 6.04 Å². The summed E-state index contributed by atoms with van der Waals surface area (Å²) in [6, 6.07) is 0.998. The van der Waals surface area contributed by atoms with E-state index in [0.29, 0.717) is 19.3 Å². The predicted octanol–water partition coefficient (Wildman–Crippen LogP) is 0.652. The first kappa shape index (κ1) is 16.9. The molecule has 114 valence electrons. The number of nitrogens with zero attached hydrogens (tertiary/aromatic N) is 3. The zero-order valence-electron chi connectivity index (χ0n) is 11.8. The van der Waals surface area contributed by atoms with Crippen molar-refractivity contribution in [3.63, 3.8) is 0 Å². The lowest BCUT2D eigenvalue weighted by atomic mass is 10.1. The Morgan fingerprint density at radius 3 is 2.70 bits per heavy atom. The minimum Gasteiger partial charge on any atom is -0.480 e. The van der Waals surface area contributed by atoms with E-state index in [0.717, 1.165) is 4.31 Å². The molecule has 20 heavy (non-hydrogen) atoms. The molecule has 1 N–H and O–H groups in total. The van der Waals surface area contributed by atoms with Gasteiger partial charge in [0.2, 0.25) is 0 Å². The second-order valence-electron chi connectivity index (χ2n) is 4.95. The van der Waals surface area contributed by atoms with Crippen LogP contribution in [0.1, 0.15) is 33.1 Å². The molecule has 1 saturated heterocycles. The summed E-state index contributed by atoms with van der Waals surface area (Å²) in [4.78, 5) is 11.2. The van der Waals surface area contributed by atoms with Crippen molar-refractivity contribution in [3.05, 3.63) is 0 Å². The van der Waals surface area contributed by atoms with Crippen LogP contribution in [0.2, 0.25) is 0 Å². The molecule has 7 nitrogen and oxygen atoms in total. The van der Waals surface area contributed by atoms with Gasteiger partial charge in [-0.05, 0) is 26.2 Å². The van der Waals surface area contributed by atoms with Crippen LogP contribution in [0.5, 0.6) is 0 Å². The molecule has 0 aromatic carbocycles. The highest BCUT2D eigenvalue weighted by molar-refractivity contribution is 7.86. The van der Waals surface area contributed by atoms with Gasteiger partial charge in [-0.2, -0.15) is 22.3 Å². The summed E-state index contributed by atoms with van der Waals surface area (Å²) in [7, 11) is -3.84. The summed E-state index contributed by atoms with van der Waals surface area (Å²) in [5.74, 6) is -1.55. The van der Waals surface area contributed by atoms with Gasteiger partial charge in [0.05, 0.1) is 12.0 Å². The zero-order valence-corrected chi connectivity index (χ0v) is 12.6. The molecule has 8 heteroatoms. The lowest BCUT2D eigenvalue weighted by molar-refractivity contribution is -0.142. The van der Waals surface area contributed by atoms with Gasteiger partial charge >= 0.3 is 5.97 Å². The Balaban J connectivity index is 2.99. The van der Waals surface area contributed by atoms with Crippen molar-refractivity contribution in [2.45, 2.75) is 39.2 Å². The molecule has 0 unspecified atom stereocenters. The van der Waals surface area contributed by atoms with Crippen LogP contribution >= 0.6 is 0 Å². The molecule has 0 radical (unpaired) electrons. The largest absolute Gasteiger partial charge is 0.480 e. The van der Waals surface area contributed by atoms with Crippen molar-refractivity contribution in [3.8, 4) is 6.07 Å². The van der Waals surface area contributed by atoms with E-state index in [1.807, 2.05) is 6.07 Å². The fourth-order valence-corrected chi connectivity index (χ4v) is 4.22. The van der Waals surface area contributed by atoms with E-state index in [4.69, 9.17) is 5.26 Å². The SMILES string of the molecule is CCN(C[C@@H](C)C#N)S(=O)(=O)N1CCCC[C@@H]1C(=O)O. The van der Waals surface area contributed by atoms with Gasteiger partial charge in [0.25, 0.3) is 10.2 Å². The van der Waals surface area contributed by atoms with Crippen LogP contribution in [-0.4, -0.2) is 53.8 Å². The average Bonchev–Trinajstić information content (AvgIpc) is 2.44. The molecule has 1 aliphatic heterocycles. The molecule has 1 fully saturated rings. The van der Waals surface area contributed by atoms with Crippen LogP contribution in [-0.2, 0) is 15.0 Å². The van der Waals surface area contributed by atoms with E-state index in [1.165, 1.54) is 4.31 Å². The molecule has 0 aromatic heterocycles. The van der Waals surface area contributed by atoms with E-state index >= 15 is 0 Å². The summed E-state index contributed by atoms with van der Waals surface area (Å²) in [5, 5.41) is 18.0. The lowest BCUT2D eigenvalue weighted by Crippen LogP contribution is -2.53. The second kappa shape index (κ2) is 7.02. The third kappa shape index (κ3) is 3.69. The minimum absolute atomic E-state index is 0.0815. The van der Waals surface area contributed by atoms with Crippen molar-refractivity contribution in [2.24, 2.45) is 5.92 Å². The summed E-state index contributed by atoms with van der Waals surface area (Å²) in [5.41, 5.74) is 0. The predicted molar refractivity (Wildman–Crippen MR) is 72.9 cm³/mol. The van der Waals surface area contributed by atoms with Gasteiger partial charge in [-0.15, -0.1) is 0 Å². The average molecular weight is 303 g/mol. The normalized spacial score (nSPS) is 22.4. The third-order valence-corrected chi connectivity index (χ3v) is 5.50. The number of hydrogen-bond donors (Lipinski definition) is 1. The Morgan fingerprint density at radius 1 is 1.55 bits per heavy atom. The van der Waals surface area contributed by atoms with Crippen molar-refractivity contribution >= 4 is 16.2 Å². The number of hydrogen-bond acceptors (Lipinski definition) is 4. The van der Waals surface area contributed by atoms with Crippen LogP contribution in [0.4, 0.5) is 0 Å². The molecule has 0 bridgehead atoms. The number of piperidine rings is 1. The van der Waals surface area contributed by atoms with Crippen LogP contribution in [0.3, 0.4) is 0 Å². The fourth-order valence-electron chi connectivity index (χ4n) is 2.31. The smallest absolute Gasteiger partial charge is 0.322 e. The molecular formula is C12H21N3O4S. The highest BCUT2D eigenvalue weighted by Crippen LogP contribution is 2.23. The van der Waals surface area contributed by atoms with Gasteiger partial charge in [0.15, 0.2) is 0 Å². The van der Waals surface area contributed by atoms with Crippen molar-refractivity contribution in [1.82, 2.24) is 8.61 Å². The number of carboxylic acids is 1. The minimum atomic E-state index is -3.84. The van der Waals surface area contributed by atoms with Crippen molar-refractivity contribution in [2.75, 3.05) is 19.6 Å². The Hall–Kier alpha value is -1.17. The Bertz CT molecular complexity index is 485. The molecule has 0 spiro atoms. The number of carbonyl (C=O) groups is 1. The first-order chi connectivity index (χ1) is 9.34. The van der Waals surface area contributed by atoms with Crippen LogP contribution in [0.15, 0.2) is 0 Å². The van der Waals surface area contributed by atoms with Gasteiger partial charge in [-0.1, -0.05) is 6.92 Å². The molecule has 1 aliphatic rings. The molecule has 1 heterocycles. The second-order valence-corrected chi connectivity index (χ2v) is 6.83. The first-order valence-corrected chi connectivity index (χ1v) is 8.13. The molecule has 0 saturated carbocycles. The van der Waals surface area contributed by atoms with Gasteiger partial charge in [0, 0.05) is 19.6 Å². The number of nitriles is 1. The molecule has 2 atom stereocenters. The fraction of sp³-hybridized carbons (Fsp3) is 0.833. The summed E-state index contributed by atoms with van der Waals surface area (Å²) in [6.07, 6.45) is 1.71. The molecule has 0 aromatic rings. The Kier molecular flexibility index (Phi) is 5.92. The number of aliphatic carboxylic acids is 1. The van der Waals surface area contributed by atoms with Crippen LogP contribution < -0.4 is 0 Å². The maximum Gasteiger partial charge on any atom is 0.322 e. The van der Waals surface area contributed by atoms with E-state index in [9.17, 15) is 18.3 Å².